The Balaban J connectivity index is 1.73. The number of carbonyl (C=O) groups excluding carboxylic acids is 1. The number of hydrogen-bond donors (Lipinski definition) is 1. The monoisotopic (exact) mass is 367 g/mol. The minimum absolute atomic E-state index is 0.122. The van der Waals surface area contributed by atoms with E-state index in [1.807, 2.05) is 6.92 Å². The van der Waals surface area contributed by atoms with Crippen LogP contribution in [0.2, 0.25) is 0 Å². The zero-order chi connectivity index (χ0) is 18.1. The van der Waals surface area contributed by atoms with Gasteiger partial charge in [-0.05, 0) is 44.7 Å². The van der Waals surface area contributed by atoms with Gasteiger partial charge >= 0.3 is 0 Å². The highest BCUT2D eigenvalue weighted by Gasteiger charge is 2.60. The standard InChI is InChI=1S/C18H23F2N3OS/c1-12(13-6-4-3-5-7-13)22-16-23-15(24)17(2,25-16)18(19,20)14-8-10-21-11-9-14/h8-13H,3-7H2,1-2H3,(H,22,23,24)/t12-,17?/m0/s1. The molecule has 136 valence electrons. The predicted molar refractivity (Wildman–Crippen MR) is 95.7 cm³/mol. The molecule has 1 aliphatic heterocycles. The van der Waals surface area contributed by atoms with Crippen molar-refractivity contribution in [3.8, 4) is 0 Å². The zero-order valence-electron chi connectivity index (χ0n) is 14.5. The number of amidine groups is 1. The number of hydrogen-bond acceptors (Lipinski definition) is 4. The van der Waals surface area contributed by atoms with Gasteiger partial charge in [-0.1, -0.05) is 31.0 Å². The third kappa shape index (κ3) is 3.43. The van der Waals surface area contributed by atoms with E-state index in [2.05, 4.69) is 15.3 Å². The predicted octanol–water partition coefficient (Wildman–Crippen LogP) is 4.12. The summed E-state index contributed by atoms with van der Waals surface area (Å²) < 4.78 is 28.0. The number of halogens is 2. The number of aliphatic imine (C=N–C) groups is 1. The van der Waals surface area contributed by atoms with E-state index in [-0.39, 0.29) is 11.6 Å². The fourth-order valence-corrected chi connectivity index (χ4v) is 4.64. The summed E-state index contributed by atoms with van der Waals surface area (Å²) in [5, 5.41) is 3.51. The summed E-state index contributed by atoms with van der Waals surface area (Å²) in [6.45, 7) is 3.31. The van der Waals surface area contributed by atoms with Crippen molar-refractivity contribution in [3.05, 3.63) is 30.1 Å². The van der Waals surface area contributed by atoms with Gasteiger partial charge in [0.15, 0.2) is 9.91 Å². The van der Waals surface area contributed by atoms with Gasteiger partial charge in [-0.3, -0.25) is 9.78 Å². The number of pyridine rings is 1. The van der Waals surface area contributed by atoms with E-state index in [0.29, 0.717) is 11.1 Å². The smallest absolute Gasteiger partial charge is 0.296 e. The highest BCUT2D eigenvalue weighted by molar-refractivity contribution is 8.16. The third-order valence-electron chi connectivity index (χ3n) is 5.26. The summed E-state index contributed by atoms with van der Waals surface area (Å²) in [7, 11) is 0. The molecule has 1 unspecified atom stereocenters. The van der Waals surface area contributed by atoms with Crippen molar-refractivity contribution in [2.75, 3.05) is 0 Å². The molecule has 1 aromatic heterocycles. The highest BCUT2D eigenvalue weighted by Crippen LogP contribution is 2.50. The van der Waals surface area contributed by atoms with Gasteiger partial charge in [0.05, 0.1) is 0 Å². The van der Waals surface area contributed by atoms with Gasteiger partial charge in [0.2, 0.25) is 0 Å². The van der Waals surface area contributed by atoms with Crippen molar-refractivity contribution in [2.45, 2.75) is 62.7 Å². The first-order valence-corrected chi connectivity index (χ1v) is 9.53. The van der Waals surface area contributed by atoms with E-state index < -0.39 is 16.6 Å². The fraction of sp³-hybridized carbons (Fsp3) is 0.611. The van der Waals surface area contributed by atoms with E-state index in [9.17, 15) is 13.6 Å². The first-order chi connectivity index (χ1) is 11.8. The second-order valence-electron chi connectivity index (χ2n) is 7.00. The summed E-state index contributed by atoms with van der Waals surface area (Å²) in [6, 6.07) is 2.61. The van der Waals surface area contributed by atoms with E-state index in [0.717, 1.165) is 24.6 Å². The lowest BCUT2D eigenvalue weighted by Gasteiger charge is -2.32. The van der Waals surface area contributed by atoms with E-state index >= 15 is 0 Å². The van der Waals surface area contributed by atoms with Crippen LogP contribution in [0.4, 0.5) is 8.78 Å². The first-order valence-electron chi connectivity index (χ1n) is 8.71. The zero-order valence-corrected chi connectivity index (χ0v) is 15.3. The molecule has 0 aromatic carbocycles. The number of aromatic nitrogens is 1. The van der Waals surface area contributed by atoms with Crippen molar-refractivity contribution in [1.29, 1.82) is 0 Å². The van der Waals surface area contributed by atoms with Crippen molar-refractivity contribution in [2.24, 2.45) is 10.9 Å². The van der Waals surface area contributed by atoms with Gasteiger partial charge in [-0.2, -0.15) is 13.8 Å². The summed E-state index contributed by atoms with van der Waals surface area (Å²) in [4.78, 5) is 20.0. The molecule has 4 nitrogen and oxygen atoms in total. The molecular weight excluding hydrogens is 344 g/mol. The molecule has 0 spiro atoms. The number of thioether (sulfide) groups is 1. The number of rotatable bonds is 4. The maximum Gasteiger partial charge on any atom is 0.296 e. The molecule has 2 heterocycles. The summed E-state index contributed by atoms with van der Waals surface area (Å²) in [5.41, 5.74) is -0.220. The van der Waals surface area contributed by atoms with Gasteiger partial charge < -0.3 is 5.32 Å². The molecule has 1 aromatic rings. The number of nitrogens with zero attached hydrogens (tertiary/aromatic N) is 2. The lowest BCUT2D eigenvalue weighted by Crippen LogP contribution is -2.45. The third-order valence-corrected chi connectivity index (χ3v) is 6.50. The minimum atomic E-state index is -3.33. The van der Waals surface area contributed by atoms with Gasteiger partial charge in [0.1, 0.15) is 0 Å². The highest BCUT2D eigenvalue weighted by atomic mass is 32.2. The van der Waals surface area contributed by atoms with Crippen LogP contribution in [0, 0.1) is 5.92 Å². The van der Waals surface area contributed by atoms with Crippen LogP contribution < -0.4 is 5.32 Å². The van der Waals surface area contributed by atoms with Crippen LogP contribution in [0.3, 0.4) is 0 Å². The molecule has 2 atom stereocenters. The van der Waals surface area contributed by atoms with Crippen molar-refractivity contribution in [1.82, 2.24) is 10.3 Å². The summed E-state index contributed by atoms with van der Waals surface area (Å²) in [6.07, 6.45) is 8.53. The van der Waals surface area contributed by atoms with E-state index in [4.69, 9.17) is 0 Å². The van der Waals surface area contributed by atoms with Gasteiger partial charge in [-0.15, -0.1) is 0 Å². The Morgan fingerprint density at radius 1 is 1.28 bits per heavy atom. The minimum Gasteiger partial charge on any atom is -0.362 e. The van der Waals surface area contributed by atoms with Crippen LogP contribution in [0.15, 0.2) is 29.5 Å². The van der Waals surface area contributed by atoms with Crippen molar-refractivity contribution < 1.29 is 13.6 Å². The quantitative estimate of drug-likeness (QED) is 0.870. The van der Waals surface area contributed by atoms with Crippen LogP contribution in [-0.4, -0.2) is 26.8 Å². The number of amides is 1. The summed E-state index contributed by atoms with van der Waals surface area (Å²) >= 11 is 0.834. The maximum absolute atomic E-state index is 15.0. The number of carbonyl (C=O) groups is 1. The molecule has 7 heteroatoms. The normalized spacial score (nSPS) is 26.4. The largest absolute Gasteiger partial charge is 0.362 e. The molecular formula is C18H23F2N3OS. The topological polar surface area (TPSA) is 54.4 Å². The molecule has 1 saturated carbocycles. The SMILES string of the molecule is C[C@H](NC1=NC(=O)C(C)(C(F)(F)c2ccncc2)S1)C1CCCCC1. The second kappa shape index (κ2) is 7.02. The van der Waals surface area contributed by atoms with Crippen LogP contribution in [0.25, 0.3) is 0 Å². The molecule has 1 fully saturated rings. The Morgan fingerprint density at radius 3 is 2.56 bits per heavy atom. The molecule has 0 radical (unpaired) electrons. The Hall–Kier alpha value is -1.50. The Bertz CT molecular complexity index is 662. The maximum atomic E-state index is 15.0. The molecule has 3 rings (SSSR count). The summed E-state index contributed by atoms with van der Waals surface area (Å²) in [5.74, 6) is -3.63. The van der Waals surface area contributed by atoms with Crippen LogP contribution in [-0.2, 0) is 10.7 Å². The van der Waals surface area contributed by atoms with E-state index in [1.165, 1.54) is 50.7 Å². The fourth-order valence-electron chi connectivity index (χ4n) is 3.50. The number of nitrogens with one attached hydrogen (secondary N) is 1. The molecule has 25 heavy (non-hydrogen) atoms. The first kappa shape index (κ1) is 18.3. The van der Waals surface area contributed by atoms with Gasteiger partial charge in [-0.25, -0.2) is 0 Å². The van der Waals surface area contributed by atoms with Crippen LogP contribution in [0.1, 0.15) is 51.5 Å². The van der Waals surface area contributed by atoms with Crippen LogP contribution >= 0.6 is 11.8 Å². The molecule has 2 aliphatic rings. The molecule has 0 saturated heterocycles. The Labute approximate surface area is 150 Å². The average molecular weight is 367 g/mol. The van der Waals surface area contributed by atoms with Crippen molar-refractivity contribution >= 4 is 22.8 Å². The number of alkyl halides is 2. The average Bonchev–Trinajstić information content (AvgIpc) is 2.91. The molecule has 1 N–H and O–H groups in total. The van der Waals surface area contributed by atoms with Crippen LogP contribution in [0.5, 0.6) is 0 Å². The van der Waals surface area contributed by atoms with Gasteiger partial charge in [0.25, 0.3) is 11.8 Å². The molecule has 1 amide bonds. The second-order valence-corrected chi connectivity index (χ2v) is 8.41. The Kier molecular flexibility index (Phi) is 5.14. The van der Waals surface area contributed by atoms with Crippen molar-refractivity contribution in [3.63, 3.8) is 0 Å². The molecule has 0 bridgehead atoms. The lowest BCUT2D eigenvalue weighted by atomic mass is 9.85. The molecule has 1 aliphatic carbocycles. The van der Waals surface area contributed by atoms with Gasteiger partial charge in [0, 0.05) is 24.0 Å². The van der Waals surface area contributed by atoms with E-state index in [1.54, 1.807) is 0 Å². The lowest BCUT2D eigenvalue weighted by molar-refractivity contribution is -0.130. The Morgan fingerprint density at radius 2 is 1.92 bits per heavy atom.